The Morgan fingerprint density at radius 1 is 1.32 bits per heavy atom. The fourth-order valence-corrected chi connectivity index (χ4v) is 2.13. The van der Waals surface area contributed by atoms with Gasteiger partial charge in [-0.25, -0.2) is 4.98 Å². The Bertz CT molecular complexity index is 556. The van der Waals surface area contributed by atoms with Crippen molar-refractivity contribution in [2.75, 3.05) is 5.32 Å². The van der Waals surface area contributed by atoms with E-state index in [1.165, 1.54) is 23.0 Å². The summed E-state index contributed by atoms with van der Waals surface area (Å²) in [4.78, 5) is 15.6. The van der Waals surface area contributed by atoms with Gasteiger partial charge in [-0.3, -0.25) is 10.1 Å². The average Bonchev–Trinajstić information content (AvgIpc) is 2.89. The quantitative estimate of drug-likeness (QED) is 0.857. The molecule has 19 heavy (non-hydrogen) atoms. The van der Waals surface area contributed by atoms with E-state index >= 15 is 0 Å². The summed E-state index contributed by atoms with van der Waals surface area (Å²) >= 11 is 1.40. The fourth-order valence-electron chi connectivity index (χ4n) is 1.60. The number of hydrogen-bond acceptors (Lipinski definition) is 3. The molecule has 1 aromatic heterocycles. The van der Waals surface area contributed by atoms with Crippen LogP contribution in [0.2, 0.25) is 0 Å². The first-order chi connectivity index (χ1) is 9.15. The van der Waals surface area contributed by atoms with Gasteiger partial charge in [0.15, 0.2) is 5.13 Å². The molecule has 0 radical (unpaired) electrons. The molecular formula is C15H16N2OS. The maximum Gasteiger partial charge on any atom is 0.250 e. The molecule has 2 aromatic rings. The number of anilines is 1. The molecule has 1 N–H and O–H groups in total. The van der Waals surface area contributed by atoms with Gasteiger partial charge in [0.1, 0.15) is 0 Å². The lowest BCUT2D eigenvalue weighted by atomic mass is 10.0. The number of thiazole rings is 1. The number of carbonyl (C=O) groups is 1. The van der Waals surface area contributed by atoms with Crippen molar-refractivity contribution in [1.82, 2.24) is 4.98 Å². The highest BCUT2D eigenvalue weighted by atomic mass is 32.1. The van der Waals surface area contributed by atoms with Crippen molar-refractivity contribution in [2.45, 2.75) is 19.8 Å². The van der Waals surface area contributed by atoms with Gasteiger partial charge in [-0.15, -0.1) is 11.3 Å². The second kappa shape index (κ2) is 6.29. The van der Waals surface area contributed by atoms with Crippen LogP contribution in [0, 0.1) is 0 Å². The summed E-state index contributed by atoms with van der Waals surface area (Å²) in [7, 11) is 0. The fraction of sp³-hybridized carbons (Fsp3) is 0.200. The number of aromatic nitrogens is 1. The third-order valence-electron chi connectivity index (χ3n) is 2.69. The second-order valence-corrected chi connectivity index (χ2v) is 5.38. The lowest BCUT2D eigenvalue weighted by molar-refractivity contribution is -0.111. The summed E-state index contributed by atoms with van der Waals surface area (Å²) in [6, 6.07) is 8.21. The summed E-state index contributed by atoms with van der Waals surface area (Å²) in [6.07, 6.45) is 4.98. The van der Waals surface area contributed by atoms with Crippen molar-refractivity contribution >= 4 is 28.5 Å². The Kier molecular flexibility index (Phi) is 4.47. The van der Waals surface area contributed by atoms with E-state index in [0.717, 1.165) is 5.56 Å². The summed E-state index contributed by atoms with van der Waals surface area (Å²) in [6.45, 7) is 4.32. The molecule has 0 spiro atoms. The number of nitrogens with one attached hydrogen (secondary N) is 1. The van der Waals surface area contributed by atoms with Crippen LogP contribution in [0.15, 0.2) is 41.9 Å². The van der Waals surface area contributed by atoms with Gasteiger partial charge >= 0.3 is 0 Å². The average molecular weight is 272 g/mol. The Morgan fingerprint density at radius 3 is 2.63 bits per heavy atom. The Labute approximate surface area is 117 Å². The number of hydrogen-bond donors (Lipinski definition) is 1. The molecule has 1 aromatic carbocycles. The molecule has 4 heteroatoms. The van der Waals surface area contributed by atoms with Gasteiger partial charge in [-0.1, -0.05) is 38.1 Å². The topological polar surface area (TPSA) is 42.0 Å². The summed E-state index contributed by atoms with van der Waals surface area (Å²) in [5.74, 6) is 0.356. The third-order valence-corrected chi connectivity index (χ3v) is 3.38. The van der Waals surface area contributed by atoms with Gasteiger partial charge in [0.2, 0.25) is 5.91 Å². The molecule has 0 aliphatic carbocycles. The molecule has 0 saturated carbocycles. The molecule has 98 valence electrons. The van der Waals surface area contributed by atoms with E-state index in [-0.39, 0.29) is 5.91 Å². The van der Waals surface area contributed by atoms with Gasteiger partial charge in [0.05, 0.1) is 0 Å². The molecule has 0 fully saturated rings. The van der Waals surface area contributed by atoms with Crippen LogP contribution in [0.1, 0.15) is 30.9 Å². The zero-order chi connectivity index (χ0) is 13.7. The molecule has 0 aliphatic heterocycles. The molecule has 2 rings (SSSR count). The number of rotatable bonds is 4. The largest absolute Gasteiger partial charge is 0.298 e. The minimum absolute atomic E-state index is 0.164. The first kappa shape index (κ1) is 13.5. The molecule has 1 heterocycles. The predicted octanol–water partition coefficient (Wildman–Crippen LogP) is 3.92. The lowest BCUT2D eigenvalue weighted by Crippen LogP contribution is -2.07. The van der Waals surface area contributed by atoms with E-state index in [0.29, 0.717) is 11.0 Å². The highest BCUT2D eigenvalue weighted by Gasteiger charge is 2.00. The Balaban J connectivity index is 1.96. The number of carbonyl (C=O) groups excluding carboxylic acids is 1. The van der Waals surface area contributed by atoms with Crippen LogP contribution < -0.4 is 5.32 Å². The van der Waals surface area contributed by atoms with Crippen LogP contribution in [-0.2, 0) is 4.79 Å². The monoisotopic (exact) mass is 272 g/mol. The first-order valence-corrected chi connectivity index (χ1v) is 7.01. The van der Waals surface area contributed by atoms with Crippen molar-refractivity contribution in [2.24, 2.45) is 0 Å². The van der Waals surface area contributed by atoms with Crippen molar-refractivity contribution < 1.29 is 4.79 Å². The first-order valence-electron chi connectivity index (χ1n) is 6.13. The van der Waals surface area contributed by atoms with E-state index in [1.807, 2.05) is 17.5 Å². The minimum Gasteiger partial charge on any atom is -0.298 e. The summed E-state index contributed by atoms with van der Waals surface area (Å²) in [5.41, 5.74) is 2.31. The van der Waals surface area contributed by atoms with Crippen LogP contribution in [0.5, 0.6) is 0 Å². The van der Waals surface area contributed by atoms with Crippen LogP contribution >= 0.6 is 11.3 Å². The van der Waals surface area contributed by atoms with E-state index in [4.69, 9.17) is 0 Å². The standard InChI is InChI=1S/C15H16N2OS/c1-11(2)13-6-3-12(4-7-13)5-8-14(18)17-15-16-9-10-19-15/h3-11H,1-2H3,(H,16,17,18)/b8-5+. The molecule has 0 atom stereocenters. The van der Waals surface area contributed by atoms with Gasteiger partial charge < -0.3 is 0 Å². The summed E-state index contributed by atoms with van der Waals surface area (Å²) in [5, 5.41) is 5.14. The lowest BCUT2D eigenvalue weighted by Gasteiger charge is -2.04. The van der Waals surface area contributed by atoms with Crippen molar-refractivity contribution in [1.29, 1.82) is 0 Å². The normalized spacial score (nSPS) is 11.1. The Morgan fingerprint density at radius 2 is 2.05 bits per heavy atom. The molecule has 0 unspecified atom stereocenters. The zero-order valence-corrected chi connectivity index (χ0v) is 11.8. The maximum absolute atomic E-state index is 11.6. The highest BCUT2D eigenvalue weighted by molar-refractivity contribution is 7.13. The molecular weight excluding hydrogens is 256 g/mol. The number of nitrogens with zero attached hydrogens (tertiary/aromatic N) is 1. The smallest absolute Gasteiger partial charge is 0.250 e. The maximum atomic E-state index is 11.6. The van der Waals surface area contributed by atoms with Crippen molar-refractivity contribution in [3.63, 3.8) is 0 Å². The van der Waals surface area contributed by atoms with Crippen molar-refractivity contribution in [3.8, 4) is 0 Å². The predicted molar refractivity (Wildman–Crippen MR) is 80.3 cm³/mol. The van der Waals surface area contributed by atoms with Crippen LogP contribution in [0.4, 0.5) is 5.13 Å². The minimum atomic E-state index is -0.164. The van der Waals surface area contributed by atoms with Crippen LogP contribution in [0.25, 0.3) is 6.08 Å². The van der Waals surface area contributed by atoms with Gasteiger partial charge in [-0.2, -0.15) is 0 Å². The van der Waals surface area contributed by atoms with E-state index in [2.05, 4.69) is 36.3 Å². The Hall–Kier alpha value is -1.94. The van der Waals surface area contributed by atoms with Crippen molar-refractivity contribution in [3.05, 3.63) is 53.0 Å². The summed E-state index contributed by atoms with van der Waals surface area (Å²) < 4.78 is 0. The number of amides is 1. The van der Waals surface area contributed by atoms with Gasteiger partial charge in [-0.05, 0) is 23.1 Å². The van der Waals surface area contributed by atoms with E-state index in [9.17, 15) is 4.79 Å². The molecule has 0 saturated heterocycles. The van der Waals surface area contributed by atoms with Crippen LogP contribution in [0.3, 0.4) is 0 Å². The van der Waals surface area contributed by atoms with Gasteiger partial charge in [0, 0.05) is 17.7 Å². The molecule has 0 bridgehead atoms. The van der Waals surface area contributed by atoms with Crippen LogP contribution in [-0.4, -0.2) is 10.9 Å². The highest BCUT2D eigenvalue weighted by Crippen LogP contribution is 2.15. The SMILES string of the molecule is CC(C)c1ccc(/C=C/C(=O)Nc2nccs2)cc1. The van der Waals surface area contributed by atoms with E-state index in [1.54, 1.807) is 12.3 Å². The van der Waals surface area contributed by atoms with E-state index < -0.39 is 0 Å². The molecule has 3 nitrogen and oxygen atoms in total. The molecule has 0 aliphatic rings. The second-order valence-electron chi connectivity index (χ2n) is 4.48. The third kappa shape index (κ3) is 4.03. The molecule has 1 amide bonds. The zero-order valence-electron chi connectivity index (χ0n) is 11.0. The van der Waals surface area contributed by atoms with Gasteiger partial charge in [0.25, 0.3) is 0 Å². The number of benzene rings is 1.